The van der Waals surface area contributed by atoms with Crippen molar-refractivity contribution >= 4 is 29.5 Å². The minimum absolute atomic E-state index is 0.0457. The molecule has 3 rings (SSSR count). The van der Waals surface area contributed by atoms with Gasteiger partial charge in [-0.1, -0.05) is 11.6 Å². The number of fused-ring (bicyclic) bond motifs is 1. The first-order valence-corrected chi connectivity index (χ1v) is 11.0. The molecule has 0 spiro atoms. The average Bonchev–Trinajstić information content (AvgIpc) is 2.72. The van der Waals surface area contributed by atoms with Gasteiger partial charge in [-0.3, -0.25) is 0 Å². The van der Waals surface area contributed by atoms with E-state index < -0.39 is 47.9 Å². The quantitative estimate of drug-likeness (QED) is 0.278. The molecule has 13 heteroatoms. The molecule has 0 radical (unpaired) electrons. The lowest BCUT2D eigenvalue weighted by Gasteiger charge is -2.30. The van der Waals surface area contributed by atoms with Crippen molar-refractivity contribution in [3.63, 3.8) is 0 Å². The second-order valence-electron chi connectivity index (χ2n) is 7.60. The van der Waals surface area contributed by atoms with Crippen LogP contribution in [0.25, 0.3) is 0 Å². The molecule has 2 aromatic carbocycles. The van der Waals surface area contributed by atoms with Gasteiger partial charge in [-0.05, 0) is 37.0 Å². The van der Waals surface area contributed by atoms with E-state index in [2.05, 4.69) is 0 Å². The fourth-order valence-electron chi connectivity index (χ4n) is 3.76. The maximum absolute atomic E-state index is 14.5. The molecule has 0 saturated heterocycles. The van der Waals surface area contributed by atoms with Gasteiger partial charge in [-0.15, -0.1) is 4.31 Å². The molecule has 2 aromatic rings. The summed E-state index contributed by atoms with van der Waals surface area (Å²) >= 11 is 6.01. The molecule has 1 unspecified atom stereocenters. The lowest BCUT2D eigenvalue weighted by atomic mass is 9.87. The van der Waals surface area contributed by atoms with Gasteiger partial charge in [0.25, 0.3) is 0 Å². The Kier molecular flexibility index (Phi) is 7.63. The van der Waals surface area contributed by atoms with E-state index in [0.29, 0.717) is 42.5 Å². The number of thiol groups is 1. The molecule has 1 aliphatic rings. The van der Waals surface area contributed by atoms with E-state index in [1.807, 2.05) is 0 Å². The first-order chi connectivity index (χ1) is 15.7. The van der Waals surface area contributed by atoms with Crippen LogP contribution in [0, 0.1) is 5.82 Å². The Bertz CT molecular complexity index is 1060. The van der Waals surface area contributed by atoms with Crippen LogP contribution < -0.4 is 4.74 Å². The van der Waals surface area contributed by atoms with Crippen molar-refractivity contribution in [2.45, 2.75) is 42.6 Å². The minimum atomic E-state index is -4.97. The maximum Gasteiger partial charge on any atom is 0.416 e. The largest absolute Gasteiger partial charge is 0.479 e. The predicted octanol–water partition coefficient (Wildman–Crippen LogP) is 6.08. The molecule has 1 aliphatic carbocycles. The summed E-state index contributed by atoms with van der Waals surface area (Å²) in [4.78, 5) is 10.6. The Hall–Kier alpha value is -2.18. The number of carboxylic acids is 1. The summed E-state index contributed by atoms with van der Waals surface area (Å²) in [7, 11) is 1.50. The third kappa shape index (κ3) is 5.89. The van der Waals surface area contributed by atoms with Crippen molar-refractivity contribution in [1.29, 1.82) is 0 Å². The van der Waals surface area contributed by atoms with Crippen LogP contribution in [0.1, 0.15) is 41.1 Å². The average molecular weight is 533 g/mol. The van der Waals surface area contributed by atoms with Crippen LogP contribution in [-0.4, -0.2) is 29.0 Å². The van der Waals surface area contributed by atoms with Crippen LogP contribution in [-0.2, 0) is 35.5 Å². The van der Waals surface area contributed by atoms with Gasteiger partial charge >= 0.3 is 18.3 Å². The number of rotatable bonds is 6. The number of hydrogen-bond acceptors (Lipinski definition) is 3. The molecule has 0 bridgehead atoms. The number of alkyl halides is 6. The van der Waals surface area contributed by atoms with E-state index in [1.165, 1.54) is 17.4 Å². The Labute approximate surface area is 198 Å². The summed E-state index contributed by atoms with van der Waals surface area (Å²) in [6.45, 7) is -0.813. The number of carbonyl (C=O) groups is 1. The third-order valence-electron chi connectivity index (χ3n) is 5.21. The molecule has 1 N–H and O–H groups in total. The van der Waals surface area contributed by atoms with E-state index >= 15 is 0 Å². The second kappa shape index (κ2) is 9.82. The van der Waals surface area contributed by atoms with Crippen molar-refractivity contribution in [2.75, 3.05) is 13.7 Å². The van der Waals surface area contributed by atoms with Gasteiger partial charge in [0.2, 0.25) is 0 Å². The van der Waals surface area contributed by atoms with Crippen LogP contribution in [0.3, 0.4) is 0 Å². The summed E-state index contributed by atoms with van der Waals surface area (Å²) in [6.07, 6.45) is -8.65. The molecule has 1 atom stereocenters. The molecule has 0 amide bonds. The number of nitrogens with zero attached hydrogens (tertiary/aromatic N) is 1. The normalized spacial score (nSPS) is 16.5. The van der Waals surface area contributed by atoms with Crippen LogP contribution in [0.15, 0.2) is 29.2 Å². The molecular weight excluding hydrogens is 515 g/mol. The number of benzene rings is 2. The van der Waals surface area contributed by atoms with Crippen LogP contribution in [0.5, 0.6) is 5.75 Å². The number of carboxylic acid groups (broad SMARTS) is 1. The Morgan fingerprint density at radius 3 is 2.26 bits per heavy atom. The first kappa shape index (κ1) is 26.4. The highest BCUT2D eigenvalue weighted by Crippen LogP contribution is 2.43. The van der Waals surface area contributed by atoms with Crippen molar-refractivity contribution in [2.24, 2.45) is 0 Å². The van der Waals surface area contributed by atoms with Gasteiger partial charge in [0.15, 0.2) is 23.1 Å². The van der Waals surface area contributed by atoms with E-state index in [1.54, 1.807) is 0 Å². The van der Waals surface area contributed by atoms with Gasteiger partial charge in [0.1, 0.15) is 0 Å². The highest BCUT2D eigenvalue weighted by molar-refractivity contribution is 7.76. The van der Waals surface area contributed by atoms with Gasteiger partial charge in [0.05, 0.1) is 34.1 Å². The first-order valence-electron chi connectivity index (χ1n) is 9.77. The minimum Gasteiger partial charge on any atom is -0.479 e. The second-order valence-corrected chi connectivity index (χ2v) is 9.35. The van der Waals surface area contributed by atoms with Crippen molar-refractivity contribution in [3.8, 4) is 5.75 Å². The summed E-state index contributed by atoms with van der Waals surface area (Å²) in [6, 6.07) is 2.14. The fourth-order valence-corrected chi connectivity index (χ4v) is 5.10. The summed E-state index contributed by atoms with van der Waals surface area (Å²) in [5.74, 6) is -2.59. The van der Waals surface area contributed by atoms with Crippen molar-refractivity contribution in [3.05, 3.63) is 57.4 Å². The molecule has 0 aromatic heterocycles. The molecule has 0 aliphatic heterocycles. The van der Waals surface area contributed by atoms with Crippen LogP contribution >= 0.6 is 11.6 Å². The fraction of sp³-hybridized carbons (Fsp3) is 0.381. The van der Waals surface area contributed by atoms with Gasteiger partial charge in [-0.25, -0.2) is 9.18 Å². The zero-order valence-electron chi connectivity index (χ0n) is 17.4. The van der Waals surface area contributed by atoms with E-state index in [4.69, 9.17) is 21.4 Å². The van der Waals surface area contributed by atoms with Crippen molar-refractivity contribution < 1.29 is 45.4 Å². The lowest BCUT2D eigenvalue weighted by Crippen LogP contribution is -2.28. The highest BCUT2D eigenvalue weighted by atomic mass is 35.5. The monoisotopic (exact) mass is 532 g/mol. The van der Waals surface area contributed by atoms with Gasteiger partial charge < -0.3 is 9.84 Å². The Balaban J connectivity index is 1.97. The third-order valence-corrected chi connectivity index (χ3v) is 6.57. The molecular formula is C21H18ClF7NO3S+. The Morgan fingerprint density at radius 2 is 1.74 bits per heavy atom. The number of hydrogen-bond donors (Lipinski definition) is 1. The number of aliphatic carboxylic acids is 1. The van der Waals surface area contributed by atoms with E-state index in [9.17, 15) is 35.5 Å². The molecule has 4 nitrogen and oxygen atoms in total. The topological polar surface area (TPSA) is 49.8 Å². The van der Waals surface area contributed by atoms with Crippen LogP contribution in [0.2, 0.25) is 5.02 Å². The maximum atomic E-state index is 14.5. The standard InChI is InChI=1S/C21H17ClF7NO3S/c1-30(34-12-6-10(20(24,25)26)5-11(7-12)21(27,28)29)16-4-2-3-13-14(16)8-15(22)18(23)19(13)33-9-17(31)32/h5-8,16H,2-4,9H2,1H3,(H,31,32)/p+1. The predicted molar refractivity (Wildman–Crippen MR) is 111 cm³/mol. The summed E-state index contributed by atoms with van der Waals surface area (Å²) in [5.41, 5.74) is -2.01. The molecule has 0 heterocycles. The molecule has 34 heavy (non-hydrogen) atoms. The Morgan fingerprint density at radius 1 is 1.15 bits per heavy atom. The smallest absolute Gasteiger partial charge is 0.416 e. The lowest BCUT2D eigenvalue weighted by molar-refractivity contribution is -0.143. The van der Waals surface area contributed by atoms with Gasteiger partial charge in [0, 0.05) is 24.7 Å². The number of ether oxygens (including phenoxy) is 1. The zero-order chi connectivity index (χ0) is 25.4. The zero-order valence-corrected chi connectivity index (χ0v) is 19.0. The van der Waals surface area contributed by atoms with Crippen molar-refractivity contribution in [1.82, 2.24) is 4.31 Å². The summed E-state index contributed by atoms with van der Waals surface area (Å²) < 4.78 is 100. The van der Waals surface area contributed by atoms with Gasteiger partial charge in [-0.2, -0.15) is 26.3 Å². The highest BCUT2D eigenvalue weighted by Gasteiger charge is 2.39. The van der Waals surface area contributed by atoms with Crippen LogP contribution in [0.4, 0.5) is 30.7 Å². The molecule has 0 saturated carbocycles. The molecule has 186 valence electrons. The summed E-state index contributed by atoms with van der Waals surface area (Å²) in [5, 5.41) is 8.51. The molecule has 0 fully saturated rings. The van der Waals surface area contributed by atoms with E-state index in [0.717, 1.165) is 0 Å². The SMILES string of the molecule is CN([SH+]c1cc(C(F)(F)F)cc(C(F)(F)F)c1)C1CCCc2c1cc(Cl)c(F)c2OCC(=O)O. The van der Waals surface area contributed by atoms with E-state index in [-0.39, 0.29) is 33.7 Å². The number of halogens is 8.